The van der Waals surface area contributed by atoms with Crippen LogP contribution in [0.25, 0.3) is 0 Å². The van der Waals surface area contributed by atoms with Crippen LogP contribution in [-0.2, 0) is 47.5 Å². The summed E-state index contributed by atoms with van der Waals surface area (Å²) in [4.78, 5) is 40.9. The number of allylic oxidation sites excluding steroid dienone is 4. The fourth-order valence-corrected chi connectivity index (χ4v) is 9.39. The van der Waals surface area contributed by atoms with E-state index in [0.717, 1.165) is 30.3 Å². The molecule has 1 saturated carbocycles. The average Bonchev–Trinajstić information content (AvgIpc) is 3.66. The van der Waals surface area contributed by atoms with Crippen molar-refractivity contribution >= 4 is 17.7 Å². The van der Waals surface area contributed by atoms with Gasteiger partial charge in [-0.2, -0.15) is 0 Å². The van der Waals surface area contributed by atoms with E-state index < -0.39 is 24.4 Å². The highest BCUT2D eigenvalue weighted by atomic mass is 79.9. The van der Waals surface area contributed by atoms with Crippen molar-refractivity contribution in [1.82, 2.24) is 0 Å². The molecule has 0 aromatic rings. The summed E-state index contributed by atoms with van der Waals surface area (Å²) in [6.45, 7) is 6.74. The number of carbonyl (C=O) groups is 3. The third-order valence-electron chi connectivity index (χ3n) is 12.1. The highest BCUT2D eigenvalue weighted by Crippen LogP contribution is 2.54. The Morgan fingerprint density at radius 3 is 2.31 bits per heavy atom. The van der Waals surface area contributed by atoms with Crippen LogP contribution in [0.1, 0.15) is 78.6 Å². The second kappa shape index (κ2) is 18.8. The third-order valence-corrected chi connectivity index (χ3v) is 12.1. The summed E-state index contributed by atoms with van der Waals surface area (Å²) in [7, 11) is 11.2. The van der Waals surface area contributed by atoms with Gasteiger partial charge >= 0.3 is 11.9 Å². The molecule has 14 atom stereocenters. The van der Waals surface area contributed by atoms with Gasteiger partial charge in [0.25, 0.3) is 0 Å². The number of methoxy groups -OCH3 is 3. The molecule has 0 radical (unpaired) electrons. The van der Waals surface area contributed by atoms with E-state index >= 15 is 0 Å². The van der Waals surface area contributed by atoms with Gasteiger partial charge in [0.1, 0.15) is 30.5 Å². The van der Waals surface area contributed by atoms with Crippen LogP contribution in [0.2, 0.25) is 0 Å². The van der Waals surface area contributed by atoms with E-state index in [9.17, 15) is 14.4 Å². The predicted molar refractivity (Wildman–Crippen MR) is 190 cm³/mol. The molecule has 0 aromatic carbocycles. The number of cyclic esters (lactones) is 1. The lowest BCUT2D eigenvalue weighted by molar-refractivity contribution is -0.870. The van der Waals surface area contributed by atoms with Crippen LogP contribution >= 0.6 is 0 Å². The zero-order chi connectivity index (χ0) is 37.0. The Morgan fingerprint density at radius 1 is 0.942 bits per heavy atom. The largest absolute Gasteiger partial charge is 1.00 e. The number of fused-ring (bicyclic) bond motifs is 5. The van der Waals surface area contributed by atoms with Gasteiger partial charge in [-0.3, -0.25) is 14.4 Å². The molecule has 0 amide bonds. The SMILES string of the molecule is CC[C@H]1CCC[C@H](OC(=O)CCC[N+](C)(C)C)[C@@H](C)C(=O)C2=C[C@@H]3[C@@H](C=C[C@@H]4C[C@@H](O[C@@H]5O[C@@H](C)[C@H](OC)[C@@H](OC)[C@H]5OC)C[C@@H]34)[C@@H]2CC(=O)O1.[Br-]. The maximum atomic E-state index is 14.5. The Labute approximate surface area is 321 Å². The summed E-state index contributed by atoms with van der Waals surface area (Å²) in [5.41, 5.74) is 0.682. The van der Waals surface area contributed by atoms with Gasteiger partial charge in [-0.15, -0.1) is 0 Å². The minimum absolute atomic E-state index is 0. The second-order valence-electron chi connectivity index (χ2n) is 16.6. The summed E-state index contributed by atoms with van der Waals surface area (Å²) in [5, 5.41) is 0. The van der Waals surface area contributed by atoms with Crippen LogP contribution < -0.4 is 17.0 Å². The average molecular weight is 799 g/mol. The molecule has 2 heterocycles. The lowest BCUT2D eigenvalue weighted by Gasteiger charge is -2.44. The predicted octanol–water partition coefficient (Wildman–Crippen LogP) is 2.05. The minimum Gasteiger partial charge on any atom is -1.00 e. The number of esters is 2. The van der Waals surface area contributed by atoms with Crippen molar-refractivity contribution in [2.24, 2.45) is 35.5 Å². The van der Waals surface area contributed by atoms with Crippen molar-refractivity contribution in [2.45, 2.75) is 128 Å². The minimum atomic E-state index is -0.612. The summed E-state index contributed by atoms with van der Waals surface area (Å²) < 4.78 is 43.1. The van der Waals surface area contributed by atoms with Gasteiger partial charge in [0, 0.05) is 33.7 Å². The molecule has 0 spiro atoms. The maximum absolute atomic E-state index is 14.5. The Bertz CT molecular complexity index is 1280. The molecule has 296 valence electrons. The van der Waals surface area contributed by atoms with Crippen LogP contribution in [0.15, 0.2) is 23.8 Å². The van der Waals surface area contributed by atoms with Crippen molar-refractivity contribution < 1.29 is 69.0 Å². The van der Waals surface area contributed by atoms with E-state index in [2.05, 4.69) is 39.4 Å². The van der Waals surface area contributed by atoms with E-state index in [-0.39, 0.29) is 101 Å². The standard InChI is InChI=1S/C40H64NO10.BrH/c1-10-26-13-11-14-33(51-34(42)15-12-18-41(4,5)6)23(2)36(44)32-21-30-28(31(32)22-35(43)49-26)17-16-25-19-27(20-29(25)30)50-40-39(47-9)38(46-8)37(45-7)24(3)48-40;/h16-17,21,23-31,33,37-40H,10-15,18-20,22H2,1-9H3;1H/q+1;/p-1/t23-,24+,25-,26+,27-,28-,29-,30-,31+,33+,37+,38-,39-,40+;/m1./s1. The molecule has 11 nitrogen and oxygen atoms in total. The van der Waals surface area contributed by atoms with Crippen molar-refractivity contribution in [2.75, 3.05) is 49.0 Å². The Kier molecular flexibility index (Phi) is 15.6. The number of halogens is 1. The van der Waals surface area contributed by atoms with Crippen LogP contribution in [0.5, 0.6) is 0 Å². The van der Waals surface area contributed by atoms with Crippen molar-refractivity contribution in [3.05, 3.63) is 23.8 Å². The van der Waals surface area contributed by atoms with Crippen LogP contribution in [0.3, 0.4) is 0 Å². The number of nitrogens with zero attached hydrogens (tertiary/aromatic N) is 1. The van der Waals surface area contributed by atoms with Gasteiger partial charge in [-0.1, -0.05) is 32.1 Å². The van der Waals surface area contributed by atoms with Crippen molar-refractivity contribution in [3.63, 3.8) is 0 Å². The van der Waals surface area contributed by atoms with Gasteiger partial charge in [0.15, 0.2) is 12.1 Å². The first-order valence-electron chi connectivity index (χ1n) is 19.3. The second-order valence-corrected chi connectivity index (χ2v) is 16.6. The first kappa shape index (κ1) is 43.1. The Balaban J connectivity index is 0.00000605. The molecular weight excluding hydrogens is 734 g/mol. The summed E-state index contributed by atoms with van der Waals surface area (Å²) >= 11 is 0. The van der Waals surface area contributed by atoms with E-state index in [1.54, 1.807) is 21.3 Å². The van der Waals surface area contributed by atoms with Gasteiger partial charge in [-0.25, -0.2) is 0 Å². The highest BCUT2D eigenvalue weighted by molar-refractivity contribution is 5.99. The zero-order valence-electron chi connectivity index (χ0n) is 32.8. The number of Topliss-reactive ketones (excluding diaryl/α,β-unsaturated/α-hetero) is 1. The van der Waals surface area contributed by atoms with E-state index in [1.807, 2.05) is 20.8 Å². The summed E-state index contributed by atoms with van der Waals surface area (Å²) in [6, 6.07) is 0. The molecular formula is C40H64BrNO10. The topological polar surface area (TPSA) is 116 Å². The quantitative estimate of drug-likeness (QED) is 0.175. The maximum Gasteiger partial charge on any atom is 0.306 e. The molecule has 3 aliphatic carbocycles. The number of hydrogen-bond donors (Lipinski definition) is 0. The highest BCUT2D eigenvalue weighted by Gasteiger charge is 2.52. The number of rotatable bonds is 11. The van der Waals surface area contributed by atoms with Gasteiger partial charge in [0.05, 0.1) is 58.7 Å². The lowest BCUT2D eigenvalue weighted by atomic mass is 9.70. The number of hydrogen-bond acceptors (Lipinski definition) is 10. The number of carbonyl (C=O) groups excluding carboxylic acids is 3. The molecule has 2 aliphatic heterocycles. The van der Waals surface area contributed by atoms with Gasteiger partial charge in [-0.05, 0) is 74.7 Å². The molecule has 3 fully saturated rings. The van der Waals surface area contributed by atoms with Crippen LogP contribution in [-0.4, -0.2) is 120 Å². The number of ether oxygens (including phenoxy) is 7. The fourth-order valence-electron chi connectivity index (χ4n) is 9.39. The first-order valence-corrected chi connectivity index (χ1v) is 19.3. The van der Waals surface area contributed by atoms with Gasteiger partial charge < -0.3 is 54.6 Å². The molecule has 0 N–H and O–H groups in total. The normalized spacial score (nSPS) is 39.5. The van der Waals surface area contributed by atoms with Gasteiger partial charge in [0.2, 0.25) is 0 Å². The molecule has 0 aromatic heterocycles. The van der Waals surface area contributed by atoms with Crippen molar-refractivity contribution in [3.8, 4) is 0 Å². The molecule has 12 heteroatoms. The molecule has 0 unspecified atom stereocenters. The van der Waals surface area contributed by atoms with Crippen LogP contribution in [0.4, 0.5) is 0 Å². The molecule has 5 aliphatic rings. The van der Waals surface area contributed by atoms with E-state index in [0.29, 0.717) is 37.7 Å². The van der Waals surface area contributed by atoms with E-state index in [1.165, 1.54) is 0 Å². The van der Waals surface area contributed by atoms with Crippen LogP contribution in [0, 0.1) is 35.5 Å². The first-order chi connectivity index (χ1) is 24.3. The lowest BCUT2D eigenvalue weighted by Crippen LogP contribution is -3.00. The van der Waals surface area contributed by atoms with E-state index in [4.69, 9.17) is 33.2 Å². The van der Waals surface area contributed by atoms with Crippen molar-refractivity contribution in [1.29, 1.82) is 0 Å². The third kappa shape index (κ3) is 9.95. The number of quaternary nitrogens is 1. The summed E-state index contributed by atoms with van der Waals surface area (Å²) in [5.74, 6) is -0.751. The smallest absolute Gasteiger partial charge is 0.306 e. The molecule has 2 saturated heterocycles. The number of ketones is 1. The molecule has 5 rings (SSSR count). The zero-order valence-corrected chi connectivity index (χ0v) is 34.4. The Morgan fingerprint density at radius 2 is 1.65 bits per heavy atom. The summed E-state index contributed by atoms with van der Waals surface area (Å²) in [6.07, 6.45) is 9.36. The molecule has 0 bridgehead atoms. The monoisotopic (exact) mass is 797 g/mol. The fraction of sp³-hybridized carbons (Fsp3) is 0.825. The molecule has 52 heavy (non-hydrogen) atoms. The Hall–Kier alpha value is -1.67.